The molecule has 0 heterocycles. The fourth-order valence-electron chi connectivity index (χ4n) is 1.83. The molecular formula is C14H24N2S. The van der Waals surface area contributed by atoms with Crippen molar-refractivity contribution in [2.45, 2.75) is 19.9 Å². The highest BCUT2D eigenvalue weighted by atomic mass is 32.2. The molecule has 0 saturated carbocycles. The summed E-state index contributed by atoms with van der Waals surface area (Å²) in [5.74, 6) is 2.47. The normalized spacial score (nSPS) is 11.0. The van der Waals surface area contributed by atoms with Crippen molar-refractivity contribution in [2.75, 3.05) is 31.1 Å². The molecule has 0 radical (unpaired) electrons. The van der Waals surface area contributed by atoms with Gasteiger partial charge in [0.2, 0.25) is 0 Å². The lowest BCUT2D eigenvalue weighted by molar-refractivity contribution is 0.274. The van der Waals surface area contributed by atoms with Gasteiger partial charge in [0, 0.05) is 19.6 Å². The summed E-state index contributed by atoms with van der Waals surface area (Å²) in [5.41, 5.74) is 7.05. The summed E-state index contributed by atoms with van der Waals surface area (Å²) >= 11 is 2.02. The van der Waals surface area contributed by atoms with Crippen LogP contribution in [0.4, 0.5) is 0 Å². The van der Waals surface area contributed by atoms with Gasteiger partial charge >= 0.3 is 0 Å². The first kappa shape index (κ1) is 14.6. The minimum atomic E-state index is 0.744. The maximum Gasteiger partial charge on any atom is 0.0234 e. The molecular weight excluding hydrogens is 228 g/mol. The van der Waals surface area contributed by atoms with E-state index in [0.717, 1.165) is 26.2 Å². The molecule has 0 saturated heterocycles. The van der Waals surface area contributed by atoms with Crippen molar-refractivity contribution >= 4 is 11.8 Å². The number of thioether (sulfide) groups is 1. The molecule has 0 aromatic heterocycles. The van der Waals surface area contributed by atoms with E-state index in [9.17, 15) is 0 Å². The van der Waals surface area contributed by atoms with E-state index >= 15 is 0 Å². The fraction of sp³-hybridized carbons (Fsp3) is 0.571. The lowest BCUT2D eigenvalue weighted by atomic mass is 10.2. The minimum absolute atomic E-state index is 0.744. The van der Waals surface area contributed by atoms with Crippen LogP contribution in [0.25, 0.3) is 0 Å². The van der Waals surface area contributed by atoms with E-state index in [0.29, 0.717) is 0 Å². The molecule has 0 aliphatic rings. The predicted molar refractivity (Wildman–Crippen MR) is 78.4 cm³/mol. The first-order valence-corrected chi connectivity index (χ1v) is 7.56. The maximum atomic E-state index is 5.67. The summed E-state index contributed by atoms with van der Waals surface area (Å²) in [6, 6.07) is 10.6. The van der Waals surface area contributed by atoms with Crippen LogP contribution < -0.4 is 5.73 Å². The Morgan fingerprint density at radius 2 is 1.94 bits per heavy atom. The molecule has 0 aliphatic carbocycles. The summed E-state index contributed by atoms with van der Waals surface area (Å²) in [4.78, 5) is 2.45. The largest absolute Gasteiger partial charge is 0.329 e. The van der Waals surface area contributed by atoms with Crippen LogP contribution in [0.15, 0.2) is 30.3 Å². The van der Waals surface area contributed by atoms with Crippen LogP contribution in [-0.4, -0.2) is 36.0 Å². The molecule has 0 atom stereocenters. The summed E-state index contributed by atoms with van der Waals surface area (Å²) in [5, 5.41) is 0. The molecule has 0 fully saturated rings. The van der Waals surface area contributed by atoms with Gasteiger partial charge in [-0.3, -0.25) is 4.90 Å². The molecule has 1 aromatic rings. The van der Waals surface area contributed by atoms with Crippen LogP contribution in [0.3, 0.4) is 0 Å². The van der Waals surface area contributed by atoms with Crippen molar-refractivity contribution < 1.29 is 0 Å². The summed E-state index contributed by atoms with van der Waals surface area (Å²) in [7, 11) is 0. The van der Waals surface area contributed by atoms with Gasteiger partial charge in [0.15, 0.2) is 0 Å². The van der Waals surface area contributed by atoms with Crippen molar-refractivity contribution in [3.05, 3.63) is 35.9 Å². The zero-order valence-corrected chi connectivity index (χ0v) is 11.6. The Balaban J connectivity index is 2.32. The van der Waals surface area contributed by atoms with Gasteiger partial charge in [-0.05, 0) is 30.0 Å². The van der Waals surface area contributed by atoms with Crippen LogP contribution in [0, 0.1) is 0 Å². The third kappa shape index (κ3) is 6.71. The quantitative estimate of drug-likeness (QED) is 0.685. The van der Waals surface area contributed by atoms with Gasteiger partial charge in [-0.25, -0.2) is 0 Å². The van der Waals surface area contributed by atoms with Crippen molar-refractivity contribution in [3.63, 3.8) is 0 Å². The van der Waals surface area contributed by atoms with Gasteiger partial charge in [0.05, 0.1) is 0 Å². The zero-order chi connectivity index (χ0) is 12.3. The molecule has 0 aliphatic heterocycles. The summed E-state index contributed by atoms with van der Waals surface area (Å²) in [6.45, 7) is 6.12. The van der Waals surface area contributed by atoms with E-state index in [2.05, 4.69) is 42.2 Å². The average Bonchev–Trinajstić information content (AvgIpc) is 2.36. The smallest absolute Gasteiger partial charge is 0.0234 e. The second-order valence-corrected chi connectivity index (χ2v) is 5.49. The van der Waals surface area contributed by atoms with Gasteiger partial charge in [0.1, 0.15) is 0 Å². The highest BCUT2D eigenvalue weighted by Gasteiger charge is 2.04. The number of nitrogens with two attached hydrogens (primary N) is 1. The first-order chi connectivity index (χ1) is 8.36. The SMILES string of the molecule is CCSCCCN(CCN)Cc1ccccc1. The Bertz CT molecular complexity index is 277. The van der Waals surface area contributed by atoms with Gasteiger partial charge in [-0.15, -0.1) is 0 Å². The molecule has 0 spiro atoms. The number of rotatable bonds is 9. The van der Waals surface area contributed by atoms with Crippen molar-refractivity contribution in [1.29, 1.82) is 0 Å². The molecule has 2 N–H and O–H groups in total. The fourth-order valence-corrected chi connectivity index (χ4v) is 2.45. The lowest BCUT2D eigenvalue weighted by Crippen LogP contribution is -2.30. The molecule has 0 amide bonds. The van der Waals surface area contributed by atoms with E-state index in [1.165, 1.54) is 23.5 Å². The molecule has 3 heteroatoms. The van der Waals surface area contributed by atoms with Gasteiger partial charge < -0.3 is 5.73 Å². The Kier molecular flexibility index (Phi) is 8.14. The Labute approximate surface area is 110 Å². The standard InChI is InChI=1S/C14H24N2S/c1-2-17-12-6-10-16(11-9-15)13-14-7-4-3-5-8-14/h3-5,7-8H,2,6,9-13,15H2,1H3. The number of hydrogen-bond donors (Lipinski definition) is 1. The Morgan fingerprint density at radius 1 is 1.18 bits per heavy atom. The number of nitrogens with zero attached hydrogens (tertiary/aromatic N) is 1. The Morgan fingerprint density at radius 3 is 2.59 bits per heavy atom. The van der Waals surface area contributed by atoms with Crippen LogP contribution >= 0.6 is 11.8 Å². The first-order valence-electron chi connectivity index (χ1n) is 6.41. The van der Waals surface area contributed by atoms with Crippen LogP contribution in [0.2, 0.25) is 0 Å². The molecule has 2 nitrogen and oxygen atoms in total. The second-order valence-electron chi connectivity index (χ2n) is 4.10. The highest BCUT2D eigenvalue weighted by molar-refractivity contribution is 7.99. The summed E-state index contributed by atoms with van der Waals surface area (Å²) < 4.78 is 0. The molecule has 96 valence electrons. The van der Waals surface area contributed by atoms with Crippen LogP contribution in [0.1, 0.15) is 18.9 Å². The Hall–Kier alpha value is -0.510. The summed E-state index contributed by atoms with van der Waals surface area (Å²) in [6.07, 6.45) is 1.26. The number of benzene rings is 1. The third-order valence-corrected chi connectivity index (χ3v) is 3.65. The molecule has 1 aromatic carbocycles. The molecule has 0 unspecified atom stereocenters. The van der Waals surface area contributed by atoms with Crippen molar-refractivity contribution in [1.82, 2.24) is 4.90 Å². The van der Waals surface area contributed by atoms with Crippen molar-refractivity contribution in [3.8, 4) is 0 Å². The van der Waals surface area contributed by atoms with E-state index in [-0.39, 0.29) is 0 Å². The highest BCUT2D eigenvalue weighted by Crippen LogP contribution is 2.07. The van der Waals surface area contributed by atoms with Crippen molar-refractivity contribution in [2.24, 2.45) is 5.73 Å². The van der Waals surface area contributed by atoms with Gasteiger partial charge in [-0.1, -0.05) is 37.3 Å². The average molecular weight is 252 g/mol. The van der Waals surface area contributed by atoms with E-state index < -0.39 is 0 Å². The molecule has 0 bridgehead atoms. The van der Waals surface area contributed by atoms with E-state index in [1.54, 1.807) is 0 Å². The molecule has 17 heavy (non-hydrogen) atoms. The van der Waals surface area contributed by atoms with Gasteiger partial charge in [0.25, 0.3) is 0 Å². The van der Waals surface area contributed by atoms with Crippen LogP contribution in [-0.2, 0) is 6.54 Å². The number of hydrogen-bond acceptors (Lipinski definition) is 3. The maximum absolute atomic E-state index is 5.67. The lowest BCUT2D eigenvalue weighted by Gasteiger charge is -2.21. The monoisotopic (exact) mass is 252 g/mol. The van der Waals surface area contributed by atoms with E-state index in [1.807, 2.05) is 11.8 Å². The predicted octanol–water partition coefficient (Wildman–Crippen LogP) is 2.59. The second kappa shape index (κ2) is 9.51. The van der Waals surface area contributed by atoms with E-state index in [4.69, 9.17) is 5.73 Å². The third-order valence-electron chi connectivity index (χ3n) is 2.66. The minimum Gasteiger partial charge on any atom is -0.329 e. The zero-order valence-electron chi connectivity index (χ0n) is 10.8. The molecule has 1 rings (SSSR count). The van der Waals surface area contributed by atoms with Gasteiger partial charge in [-0.2, -0.15) is 11.8 Å². The van der Waals surface area contributed by atoms with Crippen LogP contribution in [0.5, 0.6) is 0 Å². The topological polar surface area (TPSA) is 29.3 Å².